The number of hydrogen-bond acceptors (Lipinski definition) is 2. The topological polar surface area (TPSA) is 15.3 Å². The molecule has 0 bridgehead atoms. The van der Waals surface area contributed by atoms with Gasteiger partial charge in [-0.25, -0.2) is 0 Å². The van der Waals surface area contributed by atoms with Gasteiger partial charge in [0.15, 0.2) is 0 Å². The van der Waals surface area contributed by atoms with E-state index in [1.807, 2.05) is 0 Å². The molecule has 0 radical (unpaired) electrons. The van der Waals surface area contributed by atoms with Crippen molar-refractivity contribution in [1.82, 2.24) is 0 Å². The molecule has 0 atom stereocenters. The third-order valence-corrected chi connectivity index (χ3v) is 8.74. The van der Waals surface area contributed by atoms with Crippen LogP contribution in [-0.4, -0.2) is 0 Å². The summed E-state index contributed by atoms with van der Waals surface area (Å²) in [5.74, 6) is 0. The first-order valence-electron chi connectivity index (χ1n) is 14.4. The average molecular weight is 531 g/mol. The number of para-hydroxylation sites is 1. The quantitative estimate of drug-likeness (QED) is 0.238. The van der Waals surface area contributed by atoms with E-state index in [0.29, 0.717) is 0 Å². The average Bonchev–Trinajstić information content (AvgIpc) is 3.21. The highest BCUT2D eigenvalue weighted by Crippen LogP contribution is 2.51. The van der Waals surface area contributed by atoms with Crippen LogP contribution < -0.4 is 10.2 Å². The number of benzene rings is 6. The van der Waals surface area contributed by atoms with Gasteiger partial charge in [0.25, 0.3) is 0 Å². The van der Waals surface area contributed by atoms with Crippen LogP contribution in [0.25, 0.3) is 21.9 Å². The zero-order valence-corrected chi connectivity index (χ0v) is 24.1. The van der Waals surface area contributed by atoms with Gasteiger partial charge in [0.2, 0.25) is 0 Å². The molecule has 0 amide bonds. The summed E-state index contributed by atoms with van der Waals surface area (Å²) in [6.07, 6.45) is 0. The zero-order chi connectivity index (χ0) is 28.1. The fourth-order valence-corrected chi connectivity index (χ4v) is 6.34. The molecular formula is C39H34N2. The summed E-state index contributed by atoms with van der Waals surface area (Å²) in [7, 11) is 0. The van der Waals surface area contributed by atoms with Crippen molar-refractivity contribution in [2.45, 2.75) is 33.1 Å². The number of rotatable bonds is 5. The predicted octanol–water partition coefficient (Wildman–Crippen LogP) is 11.0. The van der Waals surface area contributed by atoms with Crippen molar-refractivity contribution < 1.29 is 0 Å². The number of nitrogens with zero attached hydrogens (tertiary/aromatic N) is 1. The van der Waals surface area contributed by atoms with Crippen molar-refractivity contribution in [3.8, 4) is 11.1 Å². The van der Waals surface area contributed by atoms with E-state index in [2.05, 4.69) is 165 Å². The van der Waals surface area contributed by atoms with Crippen LogP contribution in [0.4, 0.5) is 28.4 Å². The first-order chi connectivity index (χ1) is 19.9. The molecule has 200 valence electrons. The van der Waals surface area contributed by atoms with Gasteiger partial charge >= 0.3 is 0 Å². The second-order valence-corrected chi connectivity index (χ2v) is 11.7. The number of aryl methyl sites for hydroxylation is 2. The van der Waals surface area contributed by atoms with Gasteiger partial charge in [-0.05, 0) is 107 Å². The SMILES string of the molecule is Cc1ccc(Nc2ccc3c(c2)C(C)(C)c2cc(N(c4ccccc4)c4cccc5ccccc45)ccc2-3)cc1C. The summed E-state index contributed by atoms with van der Waals surface area (Å²) in [4.78, 5) is 2.40. The lowest BCUT2D eigenvalue weighted by Gasteiger charge is -2.29. The Morgan fingerprint density at radius 2 is 1.20 bits per heavy atom. The predicted molar refractivity (Wildman–Crippen MR) is 175 cm³/mol. The van der Waals surface area contributed by atoms with Crippen molar-refractivity contribution in [1.29, 1.82) is 0 Å². The maximum absolute atomic E-state index is 3.65. The molecule has 2 heteroatoms. The molecule has 0 aliphatic heterocycles. The second kappa shape index (κ2) is 9.67. The molecule has 1 N–H and O–H groups in total. The third-order valence-electron chi connectivity index (χ3n) is 8.74. The Kier molecular flexibility index (Phi) is 5.94. The molecule has 0 spiro atoms. The van der Waals surface area contributed by atoms with E-state index >= 15 is 0 Å². The van der Waals surface area contributed by atoms with E-state index in [4.69, 9.17) is 0 Å². The molecule has 7 rings (SSSR count). The molecule has 0 fully saturated rings. The molecule has 1 aliphatic rings. The number of anilines is 5. The van der Waals surface area contributed by atoms with Gasteiger partial charge in [-0.2, -0.15) is 0 Å². The van der Waals surface area contributed by atoms with Crippen molar-refractivity contribution in [3.05, 3.63) is 150 Å². The second-order valence-electron chi connectivity index (χ2n) is 11.7. The Morgan fingerprint density at radius 1 is 0.537 bits per heavy atom. The van der Waals surface area contributed by atoms with Gasteiger partial charge in [0, 0.05) is 33.6 Å². The van der Waals surface area contributed by atoms with Crippen molar-refractivity contribution in [3.63, 3.8) is 0 Å². The van der Waals surface area contributed by atoms with Gasteiger partial charge in [0.05, 0.1) is 5.69 Å². The van der Waals surface area contributed by atoms with Crippen LogP contribution in [0.1, 0.15) is 36.1 Å². The number of fused-ring (bicyclic) bond motifs is 4. The maximum atomic E-state index is 3.65. The fourth-order valence-electron chi connectivity index (χ4n) is 6.34. The minimum Gasteiger partial charge on any atom is -0.356 e. The molecule has 0 unspecified atom stereocenters. The van der Waals surface area contributed by atoms with E-state index in [1.165, 1.54) is 55.5 Å². The standard InChI is InChI=1S/C39H34N2/c1-26-17-18-29(23-27(26)2)40-30-19-21-34-35-22-20-32(25-37(35)39(3,4)36(34)24-30)41(31-13-6-5-7-14-31)38-16-10-12-28-11-8-9-15-33(28)38/h5-25,40H,1-4H3. The normalized spacial score (nSPS) is 13.1. The van der Waals surface area contributed by atoms with Crippen LogP contribution >= 0.6 is 0 Å². The van der Waals surface area contributed by atoms with E-state index in [0.717, 1.165) is 17.1 Å². The highest BCUT2D eigenvalue weighted by atomic mass is 15.1. The lowest BCUT2D eigenvalue weighted by atomic mass is 9.82. The van der Waals surface area contributed by atoms with E-state index < -0.39 is 0 Å². The smallest absolute Gasteiger partial charge is 0.0540 e. The van der Waals surface area contributed by atoms with Gasteiger partial charge < -0.3 is 10.2 Å². The van der Waals surface area contributed by atoms with E-state index in [-0.39, 0.29) is 5.41 Å². The third kappa shape index (κ3) is 4.28. The molecule has 6 aromatic rings. The molecule has 0 saturated carbocycles. The minimum absolute atomic E-state index is 0.136. The molecule has 1 aliphatic carbocycles. The van der Waals surface area contributed by atoms with E-state index in [9.17, 15) is 0 Å². The molecular weight excluding hydrogens is 496 g/mol. The maximum Gasteiger partial charge on any atom is 0.0540 e. The van der Waals surface area contributed by atoms with Crippen LogP contribution in [0.15, 0.2) is 127 Å². The zero-order valence-electron chi connectivity index (χ0n) is 24.1. The molecule has 2 nitrogen and oxygen atoms in total. The van der Waals surface area contributed by atoms with Crippen LogP contribution in [-0.2, 0) is 5.41 Å². The summed E-state index contributed by atoms with van der Waals surface area (Å²) in [6.45, 7) is 9.03. The summed E-state index contributed by atoms with van der Waals surface area (Å²) < 4.78 is 0. The number of nitrogens with one attached hydrogen (secondary N) is 1. The van der Waals surface area contributed by atoms with Crippen LogP contribution in [0.3, 0.4) is 0 Å². The van der Waals surface area contributed by atoms with Crippen molar-refractivity contribution in [2.75, 3.05) is 10.2 Å². The van der Waals surface area contributed by atoms with Gasteiger partial charge in [0.1, 0.15) is 0 Å². The largest absolute Gasteiger partial charge is 0.356 e. The Hall–Kier alpha value is -4.82. The highest BCUT2D eigenvalue weighted by molar-refractivity contribution is 5.99. The minimum atomic E-state index is -0.136. The fraction of sp³-hybridized carbons (Fsp3) is 0.128. The lowest BCUT2D eigenvalue weighted by molar-refractivity contribution is 0.660. The van der Waals surface area contributed by atoms with E-state index in [1.54, 1.807) is 0 Å². The lowest BCUT2D eigenvalue weighted by Crippen LogP contribution is -2.17. The first-order valence-corrected chi connectivity index (χ1v) is 14.4. The van der Waals surface area contributed by atoms with Gasteiger partial charge in [-0.1, -0.05) is 86.6 Å². The van der Waals surface area contributed by atoms with Crippen molar-refractivity contribution in [2.24, 2.45) is 0 Å². The summed E-state index contributed by atoms with van der Waals surface area (Å²) in [5.41, 5.74) is 13.6. The molecule has 0 aromatic heterocycles. The van der Waals surface area contributed by atoms with Crippen LogP contribution in [0.5, 0.6) is 0 Å². The monoisotopic (exact) mass is 530 g/mol. The van der Waals surface area contributed by atoms with Gasteiger partial charge in [-0.3, -0.25) is 0 Å². The molecule has 0 heterocycles. The molecule has 41 heavy (non-hydrogen) atoms. The van der Waals surface area contributed by atoms with Crippen LogP contribution in [0.2, 0.25) is 0 Å². The van der Waals surface area contributed by atoms with Gasteiger partial charge in [-0.15, -0.1) is 0 Å². The first kappa shape index (κ1) is 25.2. The van der Waals surface area contributed by atoms with Crippen LogP contribution in [0, 0.1) is 13.8 Å². The highest BCUT2D eigenvalue weighted by Gasteiger charge is 2.36. The Bertz CT molecular complexity index is 1910. The van der Waals surface area contributed by atoms with Crippen molar-refractivity contribution >= 4 is 39.2 Å². The summed E-state index contributed by atoms with van der Waals surface area (Å²) >= 11 is 0. The number of hydrogen-bond donors (Lipinski definition) is 1. The molecule has 0 saturated heterocycles. The Balaban J connectivity index is 1.32. The summed E-state index contributed by atoms with van der Waals surface area (Å²) in [5, 5.41) is 6.13. The Morgan fingerprint density at radius 3 is 2.00 bits per heavy atom. The molecule has 6 aromatic carbocycles. The summed E-state index contributed by atoms with van der Waals surface area (Å²) in [6, 6.07) is 46.3. The Labute approximate surface area is 242 Å².